The predicted octanol–water partition coefficient (Wildman–Crippen LogP) is -1.32. The molecule has 0 aromatic carbocycles. The summed E-state index contributed by atoms with van der Waals surface area (Å²) >= 11 is 0. The molecule has 0 unspecified atom stereocenters. The highest BCUT2D eigenvalue weighted by Crippen LogP contribution is 2.01. The van der Waals surface area contributed by atoms with Crippen LogP contribution in [0, 0.1) is 0 Å². The molecule has 0 aliphatic rings. The molecule has 0 aromatic heterocycles. The summed E-state index contributed by atoms with van der Waals surface area (Å²) in [5, 5.41) is 26.4. The van der Waals surface area contributed by atoms with Crippen molar-refractivity contribution in [1.82, 2.24) is 0 Å². The summed E-state index contributed by atoms with van der Waals surface area (Å²) in [5.74, 6) is 0. The Balaban J connectivity index is 3.68. The van der Waals surface area contributed by atoms with Gasteiger partial charge in [0.25, 0.3) is 0 Å². The van der Waals surface area contributed by atoms with Crippen LogP contribution in [-0.2, 0) is 4.79 Å². The SMILES string of the molecule is C[C@@H](O)[C@H](O)[C@@H](O)CC=O. The van der Waals surface area contributed by atoms with E-state index >= 15 is 0 Å². The first-order valence-corrected chi connectivity index (χ1v) is 3.07. The molecule has 3 N–H and O–H groups in total. The molecule has 0 bridgehead atoms. The van der Waals surface area contributed by atoms with Crippen molar-refractivity contribution in [3.63, 3.8) is 0 Å². The lowest BCUT2D eigenvalue weighted by Gasteiger charge is -2.17. The summed E-state index contributed by atoms with van der Waals surface area (Å²) in [7, 11) is 0. The van der Waals surface area contributed by atoms with Gasteiger partial charge in [-0.3, -0.25) is 0 Å². The number of rotatable bonds is 4. The van der Waals surface area contributed by atoms with E-state index in [1.54, 1.807) is 0 Å². The van der Waals surface area contributed by atoms with Crippen molar-refractivity contribution in [2.45, 2.75) is 31.7 Å². The van der Waals surface area contributed by atoms with Gasteiger partial charge in [-0.15, -0.1) is 0 Å². The quantitative estimate of drug-likeness (QED) is 0.432. The van der Waals surface area contributed by atoms with Crippen molar-refractivity contribution in [3.05, 3.63) is 0 Å². The van der Waals surface area contributed by atoms with Gasteiger partial charge in [0.15, 0.2) is 0 Å². The van der Waals surface area contributed by atoms with E-state index in [0.29, 0.717) is 6.29 Å². The van der Waals surface area contributed by atoms with Crippen molar-refractivity contribution in [2.24, 2.45) is 0 Å². The Morgan fingerprint density at radius 1 is 1.40 bits per heavy atom. The van der Waals surface area contributed by atoms with Gasteiger partial charge in [-0.05, 0) is 6.92 Å². The van der Waals surface area contributed by atoms with E-state index in [1.807, 2.05) is 0 Å². The summed E-state index contributed by atoms with van der Waals surface area (Å²) in [6.07, 6.45) is -3.04. The van der Waals surface area contributed by atoms with Gasteiger partial charge in [0.2, 0.25) is 0 Å². The Bertz CT molecular complexity index is 102. The molecule has 0 spiro atoms. The Labute approximate surface area is 59.1 Å². The number of hydrogen-bond donors (Lipinski definition) is 3. The first-order chi connectivity index (χ1) is 4.59. The fraction of sp³-hybridized carbons (Fsp3) is 0.833. The molecule has 4 nitrogen and oxygen atoms in total. The fourth-order valence-electron chi connectivity index (χ4n) is 0.560. The highest BCUT2D eigenvalue weighted by molar-refractivity contribution is 5.50. The first kappa shape index (κ1) is 9.55. The maximum absolute atomic E-state index is 9.79. The Kier molecular flexibility index (Phi) is 4.18. The highest BCUT2D eigenvalue weighted by Gasteiger charge is 2.19. The molecular formula is C6H12O4. The molecule has 0 heterocycles. The Hall–Kier alpha value is -0.450. The van der Waals surface area contributed by atoms with Gasteiger partial charge >= 0.3 is 0 Å². The number of aliphatic hydroxyl groups is 3. The van der Waals surface area contributed by atoms with E-state index < -0.39 is 18.3 Å². The number of aliphatic hydroxyl groups excluding tert-OH is 3. The monoisotopic (exact) mass is 148 g/mol. The van der Waals surface area contributed by atoms with E-state index in [1.165, 1.54) is 6.92 Å². The number of aldehydes is 1. The second kappa shape index (κ2) is 4.38. The number of carbonyl (C=O) groups is 1. The van der Waals surface area contributed by atoms with Crippen LogP contribution < -0.4 is 0 Å². The van der Waals surface area contributed by atoms with Crippen LogP contribution in [0.15, 0.2) is 0 Å². The first-order valence-electron chi connectivity index (χ1n) is 3.07. The average Bonchev–Trinajstić information content (AvgIpc) is 1.87. The van der Waals surface area contributed by atoms with Gasteiger partial charge in [-0.2, -0.15) is 0 Å². The number of carbonyl (C=O) groups excluding carboxylic acids is 1. The zero-order valence-electron chi connectivity index (χ0n) is 5.77. The summed E-state index contributed by atoms with van der Waals surface area (Å²) in [6, 6.07) is 0. The van der Waals surface area contributed by atoms with Gasteiger partial charge in [0.05, 0.1) is 12.2 Å². The van der Waals surface area contributed by atoms with Crippen LogP contribution in [-0.4, -0.2) is 39.9 Å². The van der Waals surface area contributed by atoms with Gasteiger partial charge < -0.3 is 20.1 Å². The molecule has 0 aliphatic heterocycles. The third kappa shape index (κ3) is 2.91. The molecule has 10 heavy (non-hydrogen) atoms. The molecule has 0 radical (unpaired) electrons. The van der Waals surface area contributed by atoms with Gasteiger partial charge in [0, 0.05) is 6.42 Å². The third-order valence-corrected chi connectivity index (χ3v) is 1.23. The van der Waals surface area contributed by atoms with E-state index in [2.05, 4.69) is 0 Å². The summed E-state index contributed by atoms with van der Waals surface area (Å²) in [5.41, 5.74) is 0. The molecule has 0 fully saturated rings. The molecule has 0 saturated carbocycles. The molecule has 3 atom stereocenters. The van der Waals surface area contributed by atoms with Crippen LogP contribution in [0.3, 0.4) is 0 Å². The lowest BCUT2D eigenvalue weighted by molar-refractivity contribution is -0.113. The van der Waals surface area contributed by atoms with Crippen molar-refractivity contribution in [2.75, 3.05) is 0 Å². The van der Waals surface area contributed by atoms with Gasteiger partial charge in [-0.1, -0.05) is 0 Å². The third-order valence-electron chi connectivity index (χ3n) is 1.23. The summed E-state index contributed by atoms with van der Waals surface area (Å²) in [4.78, 5) is 9.79. The van der Waals surface area contributed by atoms with E-state index in [0.717, 1.165) is 0 Å². The largest absolute Gasteiger partial charge is 0.391 e. The Morgan fingerprint density at radius 3 is 2.20 bits per heavy atom. The van der Waals surface area contributed by atoms with E-state index in [-0.39, 0.29) is 6.42 Å². The smallest absolute Gasteiger partial charge is 0.122 e. The van der Waals surface area contributed by atoms with Crippen LogP contribution >= 0.6 is 0 Å². The standard InChI is InChI=1S/C6H12O4/c1-4(8)6(10)5(9)2-3-7/h3-6,8-10H,2H2,1H3/t4-,5+,6+/m1/s1. The fourth-order valence-corrected chi connectivity index (χ4v) is 0.560. The van der Waals surface area contributed by atoms with Crippen LogP contribution in [0.1, 0.15) is 13.3 Å². The lowest BCUT2D eigenvalue weighted by Crippen LogP contribution is -2.35. The molecule has 0 amide bonds. The zero-order valence-corrected chi connectivity index (χ0v) is 5.77. The van der Waals surface area contributed by atoms with E-state index in [4.69, 9.17) is 15.3 Å². The molecule has 60 valence electrons. The topological polar surface area (TPSA) is 77.8 Å². The molecule has 4 heteroatoms. The normalized spacial score (nSPS) is 19.6. The summed E-state index contributed by atoms with van der Waals surface area (Å²) < 4.78 is 0. The van der Waals surface area contributed by atoms with Crippen LogP contribution in [0.5, 0.6) is 0 Å². The molecular weight excluding hydrogens is 136 g/mol. The molecule has 0 saturated heterocycles. The van der Waals surface area contributed by atoms with E-state index in [9.17, 15) is 4.79 Å². The minimum absolute atomic E-state index is 0.147. The second-order valence-corrected chi connectivity index (χ2v) is 2.20. The second-order valence-electron chi connectivity index (χ2n) is 2.20. The minimum atomic E-state index is -1.23. The van der Waals surface area contributed by atoms with Crippen LogP contribution in [0.4, 0.5) is 0 Å². The zero-order chi connectivity index (χ0) is 8.15. The van der Waals surface area contributed by atoms with Gasteiger partial charge in [0.1, 0.15) is 12.4 Å². The predicted molar refractivity (Wildman–Crippen MR) is 34.4 cm³/mol. The van der Waals surface area contributed by atoms with Crippen molar-refractivity contribution < 1.29 is 20.1 Å². The molecule has 0 aromatic rings. The van der Waals surface area contributed by atoms with Crippen LogP contribution in [0.2, 0.25) is 0 Å². The van der Waals surface area contributed by atoms with Crippen LogP contribution in [0.25, 0.3) is 0 Å². The minimum Gasteiger partial charge on any atom is -0.391 e. The molecule has 0 rings (SSSR count). The Morgan fingerprint density at radius 2 is 1.90 bits per heavy atom. The maximum Gasteiger partial charge on any atom is 0.122 e. The van der Waals surface area contributed by atoms with Crippen molar-refractivity contribution in [1.29, 1.82) is 0 Å². The molecule has 0 aliphatic carbocycles. The lowest BCUT2D eigenvalue weighted by atomic mass is 10.1. The van der Waals surface area contributed by atoms with Gasteiger partial charge in [-0.25, -0.2) is 0 Å². The van der Waals surface area contributed by atoms with Crippen molar-refractivity contribution in [3.8, 4) is 0 Å². The number of hydrogen-bond acceptors (Lipinski definition) is 4. The summed E-state index contributed by atoms with van der Waals surface area (Å²) in [6.45, 7) is 1.35. The highest BCUT2D eigenvalue weighted by atomic mass is 16.4. The maximum atomic E-state index is 9.79. The average molecular weight is 148 g/mol. The van der Waals surface area contributed by atoms with Crippen molar-refractivity contribution >= 4 is 6.29 Å².